The molecule has 0 aliphatic heterocycles. The summed E-state index contributed by atoms with van der Waals surface area (Å²) in [5, 5.41) is 8.74. The maximum Gasteiger partial charge on any atom is 0.166 e. The molecule has 1 aliphatic rings. The van der Waals surface area contributed by atoms with Gasteiger partial charge >= 0.3 is 0 Å². The van der Waals surface area contributed by atoms with Crippen molar-refractivity contribution in [1.82, 2.24) is 0 Å². The number of hydrogen-bond donors (Lipinski definition) is 0. The van der Waals surface area contributed by atoms with Gasteiger partial charge in [0.15, 0.2) is 11.6 Å². The fourth-order valence-corrected chi connectivity index (χ4v) is 2.91. The molecule has 1 unspecified atom stereocenters. The Morgan fingerprint density at radius 3 is 2.90 bits per heavy atom. The predicted molar refractivity (Wildman–Crippen MR) is 78.7 cm³/mol. The number of benzene rings is 2. The predicted octanol–water partition coefficient (Wildman–Crippen LogP) is 4.20. The molecule has 2 nitrogen and oxygen atoms in total. The van der Waals surface area contributed by atoms with E-state index in [1.165, 1.54) is 23.3 Å². The fraction of sp³-hybridized carbons (Fsp3) is 0.278. The second kappa shape index (κ2) is 5.97. The van der Waals surface area contributed by atoms with Crippen molar-refractivity contribution >= 4 is 0 Å². The molecule has 0 bridgehead atoms. The summed E-state index contributed by atoms with van der Waals surface area (Å²) in [5.74, 6) is 0.0557. The van der Waals surface area contributed by atoms with Gasteiger partial charge in [0, 0.05) is 5.92 Å². The Hall–Kier alpha value is -2.34. The molecule has 21 heavy (non-hydrogen) atoms. The maximum absolute atomic E-state index is 13.8. The van der Waals surface area contributed by atoms with E-state index in [0.717, 1.165) is 19.3 Å². The van der Waals surface area contributed by atoms with Gasteiger partial charge in [-0.3, -0.25) is 0 Å². The summed E-state index contributed by atoms with van der Waals surface area (Å²) >= 11 is 0. The van der Waals surface area contributed by atoms with Crippen LogP contribution in [0.5, 0.6) is 5.75 Å². The molecule has 106 valence electrons. The van der Waals surface area contributed by atoms with Crippen LogP contribution in [0.1, 0.15) is 35.4 Å². The van der Waals surface area contributed by atoms with E-state index in [1.807, 2.05) is 12.1 Å². The quantitative estimate of drug-likeness (QED) is 0.845. The van der Waals surface area contributed by atoms with Crippen LogP contribution in [0.15, 0.2) is 42.5 Å². The highest BCUT2D eigenvalue weighted by atomic mass is 19.1. The first-order valence-corrected chi connectivity index (χ1v) is 7.18. The average Bonchev–Trinajstić information content (AvgIpc) is 2.53. The lowest BCUT2D eigenvalue weighted by atomic mass is 9.83. The molecule has 0 heterocycles. The Kier molecular flexibility index (Phi) is 3.87. The van der Waals surface area contributed by atoms with Gasteiger partial charge in [0.2, 0.25) is 0 Å². The summed E-state index contributed by atoms with van der Waals surface area (Å²) in [6.07, 6.45) is 3.31. The highest BCUT2D eigenvalue weighted by Gasteiger charge is 2.20. The first-order chi connectivity index (χ1) is 10.3. The summed E-state index contributed by atoms with van der Waals surface area (Å²) in [5.41, 5.74) is 3.00. The molecule has 0 amide bonds. The fourth-order valence-electron chi connectivity index (χ4n) is 2.91. The number of nitriles is 1. The summed E-state index contributed by atoms with van der Waals surface area (Å²) in [4.78, 5) is 0. The van der Waals surface area contributed by atoms with E-state index in [1.54, 1.807) is 6.07 Å². The molecule has 0 spiro atoms. The standard InChI is InChI=1S/C18H16FNO/c19-17-10-13(11-20)8-9-18(17)21-12-15-6-3-5-14-4-1-2-7-16(14)15/h1-2,4,7-10,15H,3,5-6,12H2. The average molecular weight is 281 g/mol. The van der Waals surface area contributed by atoms with Gasteiger partial charge in [-0.1, -0.05) is 24.3 Å². The highest BCUT2D eigenvalue weighted by Crippen LogP contribution is 2.32. The minimum Gasteiger partial charge on any atom is -0.490 e. The Morgan fingerprint density at radius 2 is 2.10 bits per heavy atom. The zero-order valence-corrected chi connectivity index (χ0v) is 11.7. The molecule has 0 saturated heterocycles. The third-order valence-electron chi connectivity index (χ3n) is 3.99. The van der Waals surface area contributed by atoms with Crippen molar-refractivity contribution in [3.63, 3.8) is 0 Å². The monoisotopic (exact) mass is 281 g/mol. The van der Waals surface area contributed by atoms with Crippen molar-refractivity contribution in [3.8, 4) is 11.8 Å². The Morgan fingerprint density at radius 1 is 1.24 bits per heavy atom. The maximum atomic E-state index is 13.8. The van der Waals surface area contributed by atoms with E-state index in [2.05, 4.69) is 18.2 Å². The molecule has 0 saturated carbocycles. The molecule has 3 rings (SSSR count). The molecule has 1 aliphatic carbocycles. The third kappa shape index (κ3) is 2.90. The van der Waals surface area contributed by atoms with Crippen LogP contribution in [0.2, 0.25) is 0 Å². The van der Waals surface area contributed by atoms with E-state index < -0.39 is 5.82 Å². The van der Waals surface area contributed by atoms with E-state index in [9.17, 15) is 4.39 Å². The first-order valence-electron chi connectivity index (χ1n) is 7.18. The van der Waals surface area contributed by atoms with Crippen LogP contribution < -0.4 is 4.74 Å². The van der Waals surface area contributed by atoms with Crippen LogP contribution in [0, 0.1) is 17.1 Å². The first kappa shape index (κ1) is 13.6. The van der Waals surface area contributed by atoms with E-state index in [4.69, 9.17) is 10.00 Å². The lowest BCUT2D eigenvalue weighted by Crippen LogP contribution is -2.16. The number of rotatable bonds is 3. The molecule has 0 N–H and O–H groups in total. The van der Waals surface area contributed by atoms with Crippen LogP contribution in [0.4, 0.5) is 4.39 Å². The summed E-state index contributed by atoms with van der Waals surface area (Å²) in [7, 11) is 0. The Bertz CT molecular complexity index is 690. The zero-order chi connectivity index (χ0) is 14.7. The zero-order valence-electron chi connectivity index (χ0n) is 11.7. The van der Waals surface area contributed by atoms with Gasteiger partial charge in [-0.15, -0.1) is 0 Å². The van der Waals surface area contributed by atoms with Crippen molar-refractivity contribution in [2.75, 3.05) is 6.61 Å². The normalized spacial score (nSPS) is 16.9. The van der Waals surface area contributed by atoms with Crippen molar-refractivity contribution in [3.05, 3.63) is 65.0 Å². The van der Waals surface area contributed by atoms with Crippen molar-refractivity contribution < 1.29 is 9.13 Å². The minimum absolute atomic E-state index is 0.219. The molecule has 3 heteroatoms. The molecular weight excluding hydrogens is 265 g/mol. The highest BCUT2D eigenvalue weighted by molar-refractivity contribution is 5.36. The Labute approximate surface area is 123 Å². The van der Waals surface area contributed by atoms with Crippen molar-refractivity contribution in [2.45, 2.75) is 25.2 Å². The van der Waals surface area contributed by atoms with E-state index >= 15 is 0 Å². The Balaban J connectivity index is 1.73. The van der Waals surface area contributed by atoms with Crippen LogP contribution in [0.25, 0.3) is 0 Å². The lowest BCUT2D eigenvalue weighted by molar-refractivity contribution is 0.263. The van der Waals surface area contributed by atoms with Crippen LogP contribution in [-0.2, 0) is 6.42 Å². The topological polar surface area (TPSA) is 33.0 Å². The van der Waals surface area contributed by atoms with Crippen LogP contribution in [-0.4, -0.2) is 6.61 Å². The molecule has 2 aromatic rings. The smallest absolute Gasteiger partial charge is 0.166 e. The molecule has 0 radical (unpaired) electrons. The number of nitrogens with zero attached hydrogens (tertiary/aromatic N) is 1. The van der Waals surface area contributed by atoms with Crippen LogP contribution >= 0.6 is 0 Å². The second-order valence-electron chi connectivity index (χ2n) is 5.36. The minimum atomic E-state index is -0.474. The van der Waals surface area contributed by atoms with Crippen LogP contribution in [0.3, 0.4) is 0 Å². The number of aryl methyl sites for hydroxylation is 1. The summed E-state index contributed by atoms with van der Waals surface area (Å²) in [6.45, 7) is 0.472. The third-order valence-corrected chi connectivity index (χ3v) is 3.99. The van der Waals surface area contributed by atoms with Gasteiger partial charge in [0.05, 0.1) is 18.2 Å². The largest absolute Gasteiger partial charge is 0.490 e. The van der Waals surface area contributed by atoms with Crippen molar-refractivity contribution in [1.29, 1.82) is 5.26 Å². The van der Waals surface area contributed by atoms with Gasteiger partial charge in [-0.2, -0.15) is 5.26 Å². The van der Waals surface area contributed by atoms with Gasteiger partial charge in [-0.05, 0) is 48.6 Å². The molecular formula is C18H16FNO. The van der Waals surface area contributed by atoms with E-state index in [0.29, 0.717) is 18.1 Å². The summed E-state index contributed by atoms with van der Waals surface area (Å²) < 4.78 is 19.5. The van der Waals surface area contributed by atoms with Gasteiger partial charge in [-0.25, -0.2) is 4.39 Å². The van der Waals surface area contributed by atoms with E-state index in [-0.39, 0.29) is 5.75 Å². The molecule has 0 aromatic heterocycles. The van der Waals surface area contributed by atoms with Gasteiger partial charge < -0.3 is 4.74 Å². The van der Waals surface area contributed by atoms with Gasteiger partial charge in [0.25, 0.3) is 0 Å². The SMILES string of the molecule is N#Cc1ccc(OCC2CCCc3ccccc32)c(F)c1. The van der Waals surface area contributed by atoms with Crippen molar-refractivity contribution in [2.24, 2.45) is 0 Å². The molecule has 1 atom stereocenters. The number of fused-ring (bicyclic) bond motifs is 1. The molecule has 0 fully saturated rings. The second-order valence-corrected chi connectivity index (χ2v) is 5.36. The van der Waals surface area contributed by atoms with Gasteiger partial charge in [0.1, 0.15) is 0 Å². The lowest BCUT2D eigenvalue weighted by Gasteiger charge is -2.25. The summed E-state index contributed by atoms with van der Waals surface area (Å²) in [6, 6.07) is 14.6. The molecule has 2 aromatic carbocycles. The number of ether oxygens (including phenoxy) is 1. The number of hydrogen-bond acceptors (Lipinski definition) is 2. The number of halogens is 1.